The number of rotatable bonds is 8. The molecule has 2 heterocycles. The summed E-state index contributed by atoms with van der Waals surface area (Å²) in [6.45, 7) is 6.33. The Kier molecular flexibility index (Phi) is 7.06. The summed E-state index contributed by atoms with van der Waals surface area (Å²) in [6.07, 6.45) is 8.17. The zero-order chi connectivity index (χ0) is 19.8. The first kappa shape index (κ1) is 19.9. The summed E-state index contributed by atoms with van der Waals surface area (Å²) in [5.74, 6) is 1.51. The molecule has 2 aromatic heterocycles. The van der Waals surface area contributed by atoms with Gasteiger partial charge in [0.2, 0.25) is 5.88 Å². The normalized spacial score (nSPS) is 13.9. The summed E-state index contributed by atoms with van der Waals surface area (Å²) in [6, 6.07) is 7.27. The molecule has 28 heavy (non-hydrogen) atoms. The molecule has 0 aliphatic heterocycles. The van der Waals surface area contributed by atoms with Gasteiger partial charge in [0.15, 0.2) is 0 Å². The van der Waals surface area contributed by atoms with Crippen molar-refractivity contribution < 1.29 is 9.53 Å². The van der Waals surface area contributed by atoms with Gasteiger partial charge in [-0.25, -0.2) is 14.8 Å². The highest BCUT2D eigenvalue weighted by Gasteiger charge is 2.18. The Labute approximate surface area is 166 Å². The molecule has 1 saturated carbocycles. The Bertz CT molecular complexity index is 756. The average Bonchev–Trinajstić information content (AvgIpc) is 3.23. The lowest BCUT2D eigenvalue weighted by molar-refractivity contribution is 0.199. The van der Waals surface area contributed by atoms with Crippen LogP contribution >= 0.6 is 0 Å². The van der Waals surface area contributed by atoms with Gasteiger partial charge in [0, 0.05) is 31.4 Å². The fourth-order valence-corrected chi connectivity index (χ4v) is 3.37. The van der Waals surface area contributed by atoms with E-state index in [2.05, 4.69) is 39.3 Å². The van der Waals surface area contributed by atoms with Crippen molar-refractivity contribution in [3.63, 3.8) is 0 Å². The molecule has 2 aromatic rings. The summed E-state index contributed by atoms with van der Waals surface area (Å²) >= 11 is 0. The van der Waals surface area contributed by atoms with Crippen LogP contribution < -0.4 is 20.3 Å². The predicted molar refractivity (Wildman–Crippen MR) is 111 cm³/mol. The molecule has 1 aliphatic carbocycles. The summed E-state index contributed by atoms with van der Waals surface area (Å²) in [5, 5.41) is 5.68. The molecular weight excluding hydrogens is 354 g/mol. The standard InChI is InChI=1S/C21H29N5O2/c1-3-26(4-2)19-12-11-17(15-23-19)25-21(27)24-14-16-8-7-13-22-20(16)28-18-9-5-6-10-18/h7-8,11-13,15,18H,3-6,9-10,14H2,1-2H3,(H2,24,25,27). The predicted octanol–water partition coefficient (Wildman–Crippen LogP) is 3.97. The van der Waals surface area contributed by atoms with Gasteiger partial charge < -0.3 is 20.3 Å². The maximum atomic E-state index is 12.3. The number of urea groups is 1. The average molecular weight is 383 g/mol. The SMILES string of the molecule is CCN(CC)c1ccc(NC(=O)NCc2cccnc2OC2CCCC2)cn1. The number of carbonyl (C=O) groups excluding carboxylic acids is 1. The molecular formula is C21H29N5O2. The van der Waals surface area contributed by atoms with E-state index in [1.165, 1.54) is 12.8 Å². The van der Waals surface area contributed by atoms with Crippen LogP contribution in [0.1, 0.15) is 45.1 Å². The van der Waals surface area contributed by atoms with E-state index in [0.29, 0.717) is 18.1 Å². The van der Waals surface area contributed by atoms with Crippen molar-refractivity contribution in [2.24, 2.45) is 0 Å². The van der Waals surface area contributed by atoms with E-state index in [4.69, 9.17) is 4.74 Å². The van der Waals surface area contributed by atoms with Crippen LogP contribution in [-0.2, 0) is 6.54 Å². The van der Waals surface area contributed by atoms with Crippen LogP contribution in [0, 0.1) is 0 Å². The third kappa shape index (κ3) is 5.34. The second-order valence-corrected chi connectivity index (χ2v) is 6.88. The molecule has 0 spiro atoms. The molecule has 0 aromatic carbocycles. The Morgan fingerprint density at radius 3 is 2.64 bits per heavy atom. The molecule has 1 aliphatic rings. The van der Waals surface area contributed by atoms with Crippen molar-refractivity contribution in [2.45, 2.75) is 52.2 Å². The molecule has 0 radical (unpaired) electrons. The number of ether oxygens (including phenoxy) is 1. The molecule has 0 saturated heterocycles. The topological polar surface area (TPSA) is 79.4 Å². The molecule has 1 fully saturated rings. The Morgan fingerprint density at radius 1 is 1.18 bits per heavy atom. The fourth-order valence-electron chi connectivity index (χ4n) is 3.37. The fraction of sp³-hybridized carbons (Fsp3) is 0.476. The van der Waals surface area contributed by atoms with E-state index < -0.39 is 0 Å². The van der Waals surface area contributed by atoms with Gasteiger partial charge in [-0.15, -0.1) is 0 Å². The lowest BCUT2D eigenvalue weighted by Gasteiger charge is -2.19. The number of amides is 2. The Hall–Kier alpha value is -2.83. The van der Waals surface area contributed by atoms with Gasteiger partial charge in [-0.3, -0.25) is 0 Å². The van der Waals surface area contributed by atoms with E-state index in [9.17, 15) is 4.79 Å². The quantitative estimate of drug-likeness (QED) is 0.721. The maximum Gasteiger partial charge on any atom is 0.319 e. The van der Waals surface area contributed by atoms with Gasteiger partial charge in [0.05, 0.1) is 11.9 Å². The minimum atomic E-state index is -0.284. The molecule has 2 amide bonds. The zero-order valence-electron chi connectivity index (χ0n) is 16.6. The van der Waals surface area contributed by atoms with Gasteiger partial charge >= 0.3 is 6.03 Å². The first-order chi connectivity index (χ1) is 13.7. The molecule has 0 atom stereocenters. The van der Waals surface area contributed by atoms with Crippen LogP contribution in [0.25, 0.3) is 0 Å². The van der Waals surface area contributed by atoms with Crippen molar-refractivity contribution >= 4 is 17.5 Å². The van der Waals surface area contributed by atoms with Crippen molar-refractivity contribution in [3.8, 4) is 5.88 Å². The molecule has 150 valence electrons. The smallest absolute Gasteiger partial charge is 0.319 e. The number of nitrogens with zero attached hydrogens (tertiary/aromatic N) is 3. The van der Waals surface area contributed by atoms with E-state index in [0.717, 1.165) is 37.3 Å². The first-order valence-electron chi connectivity index (χ1n) is 10.1. The maximum absolute atomic E-state index is 12.3. The van der Waals surface area contributed by atoms with E-state index in [-0.39, 0.29) is 12.1 Å². The third-order valence-corrected chi connectivity index (χ3v) is 4.96. The lowest BCUT2D eigenvalue weighted by Crippen LogP contribution is -2.29. The molecule has 0 bridgehead atoms. The van der Waals surface area contributed by atoms with Crippen LogP contribution in [0.2, 0.25) is 0 Å². The summed E-state index contributed by atoms with van der Waals surface area (Å²) in [7, 11) is 0. The van der Waals surface area contributed by atoms with Gasteiger partial charge in [-0.1, -0.05) is 6.07 Å². The molecule has 3 rings (SSSR count). The van der Waals surface area contributed by atoms with Gasteiger partial charge in [-0.05, 0) is 57.7 Å². The molecule has 7 heteroatoms. The summed E-state index contributed by atoms with van der Waals surface area (Å²) in [4.78, 5) is 23.2. The van der Waals surface area contributed by atoms with Gasteiger partial charge in [-0.2, -0.15) is 0 Å². The van der Waals surface area contributed by atoms with E-state index in [1.807, 2.05) is 24.3 Å². The van der Waals surface area contributed by atoms with Crippen molar-refractivity contribution in [3.05, 3.63) is 42.2 Å². The number of anilines is 2. The summed E-state index contributed by atoms with van der Waals surface area (Å²) in [5.41, 5.74) is 1.53. The van der Waals surface area contributed by atoms with Crippen LogP contribution in [0.5, 0.6) is 5.88 Å². The number of hydrogen-bond donors (Lipinski definition) is 2. The monoisotopic (exact) mass is 383 g/mol. The van der Waals surface area contributed by atoms with E-state index in [1.54, 1.807) is 12.4 Å². The van der Waals surface area contributed by atoms with Crippen LogP contribution in [0.15, 0.2) is 36.7 Å². The Balaban J connectivity index is 1.53. The molecule has 0 unspecified atom stereocenters. The third-order valence-electron chi connectivity index (χ3n) is 4.96. The minimum absolute atomic E-state index is 0.234. The van der Waals surface area contributed by atoms with Crippen LogP contribution in [0.4, 0.5) is 16.3 Å². The largest absolute Gasteiger partial charge is 0.474 e. The lowest BCUT2D eigenvalue weighted by atomic mass is 10.2. The van der Waals surface area contributed by atoms with Crippen molar-refractivity contribution in [1.29, 1.82) is 0 Å². The number of aromatic nitrogens is 2. The number of hydrogen-bond acceptors (Lipinski definition) is 5. The van der Waals surface area contributed by atoms with E-state index >= 15 is 0 Å². The second-order valence-electron chi connectivity index (χ2n) is 6.88. The highest BCUT2D eigenvalue weighted by Crippen LogP contribution is 2.25. The Morgan fingerprint density at radius 2 is 1.96 bits per heavy atom. The van der Waals surface area contributed by atoms with Gasteiger partial charge in [0.1, 0.15) is 11.9 Å². The first-order valence-corrected chi connectivity index (χ1v) is 10.1. The second kappa shape index (κ2) is 9.92. The van der Waals surface area contributed by atoms with Crippen molar-refractivity contribution in [2.75, 3.05) is 23.3 Å². The number of pyridine rings is 2. The van der Waals surface area contributed by atoms with Crippen molar-refractivity contribution in [1.82, 2.24) is 15.3 Å². The van der Waals surface area contributed by atoms with Gasteiger partial charge in [0.25, 0.3) is 0 Å². The van der Waals surface area contributed by atoms with Crippen LogP contribution in [0.3, 0.4) is 0 Å². The molecule has 7 nitrogen and oxygen atoms in total. The summed E-state index contributed by atoms with van der Waals surface area (Å²) < 4.78 is 6.02. The number of carbonyl (C=O) groups is 1. The number of nitrogens with one attached hydrogen (secondary N) is 2. The minimum Gasteiger partial charge on any atom is -0.474 e. The zero-order valence-corrected chi connectivity index (χ0v) is 16.6. The highest BCUT2D eigenvalue weighted by atomic mass is 16.5. The highest BCUT2D eigenvalue weighted by molar-refractivity contribution is 5.89. The van der Waals surface area contributed by atoms with Crippen LogP contribution in [-0.4, -0.2) is 35.2 Å². The molecule has 2 N–H and O–H groups in total.